The van der Waals surface area contributed by atoms with Crippen molar-refractivity contribution >= 4 is 21.6 Å². The Balaban J connectivity index is 4.83. The first-order valence-corrected chi connectivity index (χ1v) is 8.15. The number of carbonyl (C=O) groups excluding carboxylic acids is 1. The van der Waals surface area contributed by atoms with Crippen molar-refractivity contribution in [3.8, 4) is 0 Å². The van der Waals surface area contributed by atoms with Crippen molar-refractivity contribution in [2.45, 2.75) is 30.7 Å². The summed E-state index contributed by atoms with van der Waals surface area (Å²) in [5, 5.41) is 46.0. The third kappa shape index (κ3) is 7.69. The van der Waals surface area contributed by atoms with Crippen LogP contribution in [0.3, 0.4) is 0 Å². The average molecular weight is 372 g/mol. The van der Waals surface area contributed by atoms with Crippen LogP contribution in [0.25, 0.3) is 0 Å². The summed E-state index contributed by atoms with van der Waals surface area (Å²) in [6.07, 6.45) is -13.4. The molecule has 1 unspecified atom stereocenters. The molecule has 0 aliphatic carbocycles. The fourth-order valence-corrected chi connectivity index (χ4v) is 1.82. The minimum atomic E-state index is -5.36. The summed E-state index contributed by atoms with van der Waals surface area (Å²) >= 11 is 0. The van der Waals surface area contributed by atoms with Crippen molar-refractivity contribution < 1.29 is 68.1 Å². The Labute approximate surface area is 121 Å². The number of carbonyl (C=O) groups is 1. The van der Waals surface area contributed by atoms with E-state index in [1.807, 2.05) is 0 Å². The van der Waals surface area contributed by atoms with Gasteiger partial charge in [-0.05, 0) is 0 Å². The molecule has 0 amide bonds. The summed E-state index contributed by atoms with van der Waals surface area (Å²) < 4.78 is 27.7. The van der Waals surface area contributed by atoms with Gasteiger partial charge in [0.15, 0.2) is 12.4 Å². The van der Waals surface area contributed by atoms with Gasteiger partial charge in [0.05, 0.1) is 0 Å². The first kappa shape index (κ1) is 21.5. The molecule has 14 nitrogen and oxygen atoms in total. The second-order valence-corrected chi connectivity index (χ2v) is 6.16. The van der Waals surface area contributed by atoms with Crippen LogP contribution >= 0.6 is 15.6 Å². The van der Waals surface area contributed by atoms with Gasteiger partial charge >= 0.3 is 21.6 Å². The molecule has 0 fully saturated rings. The smallest absolute Gasteiger partial charge is 0.387 e. The van der Waals surface area contributed by atoms with Crippen LogP contribution in [0, 0.1) is 0 Å². The van der Waals surface area contributed by atoms with Gasteiger partial charge in [-0.25, -0.2) is 13.9 Å². The van der Waals surface area contributed by atoms with Crippen molar-refractivity contribution in [1.29, 1.82) is 0 Å². The van der Waals surface area contributed by atoms with Gasteiger partial charge in [0.1, 0.15) is 18.3 Å². The zero-order valence-electron chi connectivity index (χ0n) is 10.3. The van der Waals surface area contributed by atoms with Gasteiger partial charge in [-0.2, -0.15) is 0 Å². The second kappa shape index (κ2) is 7.88. The van der Waals surface area contributed by atoms with E-state index in [1.165, 1.54) is 0 Å². The minimum absolute atomic E-state index is 2.07. The van der Waals surface area contributed by atoms with Crippen LogP contribution in [0.5, 0.6) is 0 Å². The predicted octanol–water partition coefficient (Wildman–Crippen LogP) is -4.51. The molecule has 0 aromatic rings. The summed E-state index contributed by atoms with van der Waals surface area (Å²) in [4.78, 5) is 44.3. The second-order valence-electron chi connectivity index (χ2n) is 3.80. The van der Waals surface area contributed by atoms with Gasteiger partial charge in [-0.15, -0.1) is 0 Å². The molecule has 0 saturated heterocycles. The molecule has 22 heavy (non-hydrogen) atoms. The Morgan fingerprint density at radius 1 is 0.773 bits per heavy atom. The zero-order valence-corrected chi connectivity index (χ0v) is 12.1. The van der Waals surface area contributed by atoms with E-state index in [4.69, 9.17) is 29.8 Å². The largest absolute Gasteiger partial charge is 0.527 e. The highest BCUT2D eigenvalue weighted by Gasteiger charge is 2.41. The topological polar surface area (TPSA) is 252 Å². The number of hydrogen-bond donors (Lipinski definition) is 9. The van der Waals surface area contributed by atoms with Crippen LogP contribution in [-0.2, 0) is 23.0 Å². The number of rotatable bonds is 8. The van der Waals surface area contributed by atoms with Gasteiger partial charge in [0.2, 0.25) is 0 Å². The predicted molar refractivity (Wildman–Crippen MR) is 61.3 cm³/mol. The van der Waals surface area contributed by atoms with E-state index in [1.54, 1.807) is 0 Å². The van der Waals surface area contributed by atoms with Gasteiger partial charge in [-0.3, -0.25) is 14.3 Å². The van der Waals surface area contributed by atoms with Gasteiger partial charge < -0.3 is 39.8 Å². The van der Waals surface area contributed by atoms with Crippen molar-refractivity contribution in [3.05, 3.63) is 0 Å². The van der Waals surface area contributed by atoms with Crippen LogP contribution < -0.4 is 0 Å². The van der Waals surface area contributed by atoms with Crippen LogP contribution in [0.1, 0.15) is 0 Å². The number of phosphoric ester groups is 2. The van der Waals surface area contributed by atoms with Crippen molar-refractivity contribution in [3.63, 3.8) is 0 Å². The third-order valence-corrected chi connectivity index (χ3v) is 2.92. The summed E-state index contributed by atoms with van der Waals surface area (Å²) in [7, 11) is -10.6. The average Bonchev–Trinajstić information content (AvgIpc) is 2.30. The highest BCUT2D eigenvalue weighted by atomic mass is 31.2. The van der Waals surface area contributed by atoms with Gasteiger partial charge in [0.25, 0.3) is 0 Å². The SMILES string of the molecule is O=C(OP(=O)(O)O)[C@@H](O)[C@@H](O)[C@H](O)[C@@H](O)C(O)OP(=O)(O)O. The van der Waals surface area contributed by atoms with E-state index in [-0.39, 0.29) is 0 Å². The van der Waals surface area contributed by atoms with Crippen molar-refractivity contribution in [2.75, 3.05) is 0 Å². The lowest BCUT2D eigenvalue weighted by atomic mass is 10.0. The van der Waals surface area contributed by atoms with Crippen LogP contribution in [-0.4, -0.2) is 81.8 Å². The lowest BCUT2D eigenvalue weighted by Crippen LogP contribution is -2.51. The molecular formula is C6H14O14P2. The Morgan fingerprint density at radius 3 is 1.59 bits per heavy atom. The van der Waals surface area contributed by atoms with E-state index in [9.17, 15) is 29.2 Å². The molecule has 0 aliphatic rings. The maximum absolute atomic E-state index is 11.0. The Bertz CT molecular complexity index is 466. The van der Waals surface area contributed by atoms with E-state index in [2.05, 4.69) is 9.05 Å². The number of phosphoric acid groups is 2. The van der Waals surface area contributed by atoms with Crippen molar-refractivity contribution in [1.82, 2.24) is 0 Å². The molecule has 0 bridgehead atoms. The molecule has 0 aromatic carbocycles. The summed E-state index contributed by atoms with van der Waals surface area (Å²) in [5.41, 5.74) is 0. The summed E-state index contributed by atoms with van der Waals surface area (Å²) in [6, 6.07) is 0. The molecule has 0 saturated carbocycles. The monoisotopic (exact) mass is 372 g/mol. The summed E-state index contributed by atoms with van der Waals surface area (Å²) in [5.74, 6) is -2.07. The first-order chi connectivity index (χ1) is 9.65. The fourth-order valence-electron chi connectivity index (χ4n) is 1.07. The molecule has 0 aromatic heterocycles. The van der Waals surface area contributed by atoms with Crippen LogP contribution in [0.2, 0.25) is 0 Å². The van der Waals surface area contributed by atoms with Gasteiger partial charge in [-0.1, -0.05) is 0 Å². The molecular weight excluding hydrogens is 358 g/mol. The lowest BCUT2D eigenvalue weighted by Gasteiger charge is -2.28. The van der Waals surface area contributed by atoms with E-state index >= 15 is 0 Å². The quantitative estimate of drug-likeness (QED) is 0.144. The van der Waals surface area contributed by atoms with Crippen molar-refractivity contribution in [2.24, 2.45) is 0 Å². The molecule has 16 heteroatoms. The Morgan fingerprint density at radius 2 is 1.23 bits per heavy atom. The first-order valence-electron chi connectivity index (χ1n) is 5.09. The number of aliphatic hydroxyl groups excluding tert-OH is 5. The lowest BCUT2D eigenvalue weighted by molar-refractivity contribution is -0.189. The highest BCUT2D eigenvalue weighted by molar-refractivity contribution is 7.47. The van der Waals surface area contributed by atoms with E-state index in [0.29, 0.717) is 0 Å². The number of aliphatic hydroxyl groups is 5. The van der Waals surface area contributed by atoms with Crippen LogP contribution in [0.15, 0.2) is 0 Å². The maximum Gasteiger partial charge on any atom is 0.527 e. The molecule has 0 aliphatic heterocycles. The van der Waals surface area contributed by atoms with Crippen LogP contribution in [0.4, 0.5) is 0 Å². The zero-order chi connectivity index (χ0) is 17.9. The third-order valence-electron chi connectivity index (χ3n) is 2.01. The fraction of sp³-hybridized carbons (Fsp3) is 0.833. The minimum Gasteiger partial charge on any atom is -0.387 e. The summed E-state index contributed by atoms with van der Waals surface area (Å²) in [6.45, 7) is 0. The molecule has 9 N–H and O–H groups in total. The molecule has 0 radical (unpaired) electrons. The molecule has 132 valence electrons. The number of hydrogen-bond acceptors (Lipinski definition) is 10. The standard InChI is InChI=1S/C6H14O14P2/c7-1(3(9)5(11)19-21(13,14)15)2(8)4(10)6(12)20-22(16,17)18/h1-5,7-11H,(H2,13,14,15)(H2,16,17,18)/t1-,2-,3+,4-,5?/m0/s1. The molecule has 0 heterocycles. The Kier molecular flexibility index (Phi) is 7.71. The highest BCUT2D eigenvalue weighted by Crippen LogP contribution is 2.38. The molecule has 0 spiro atoms. The van der Waals surface area contributed by atoms with E-state index < -0.39 is 52.3 Å². The maximum atomic E-state index is 11.0. The van der Waals surface area contributed by atoms with Gasteiger partial charge in [0, 0.05) is 0 Å². The Hall–Kier alpha value is -0.470. The van der Waals surface area contributed by atoms with E-state index in [0.717, 1.165) is 0 Å². The molecule has 0 rings (SSSR count). The normalized spacial score (nSPS) is 19.9. The molecule has 5 atom stereocenters.